The molecule has 0 spiro atoms. The topological polar surface area (TPSA) is 56.8 Å². The standard InChI is InChI=1S/C14H18ClNO4/c1-14(2)7-20-13(17)16-12(14)8-5-6-9(18-3)11(19-4)10(8)15/h5-6,12H,7H2,1-4H3,(H,16,17)/t12-/m1/s1. The summed E-state index contributed by atoms with van der Waals surface area (Å²) in [5, 5.41) is 3.25. The third kappa shape index (κ3) is 2.50. The largest absolute Gasteiger partial charge is 0.493 e. The third-order valence-corrected chi connectivity index (χ3v) is 3.83. The lowest BCUT2D eigenvalue weighted by molar-refractivity contribution is 0.0387. The zero-order chi connectivity index (χ0) is 14.9. The van der Waals surface area contributed by atoms with Gasteiger partial charge in [-0.1, -0.05) is 31.5 Å². The first-order chi connectivity index (χ1) is 9.40. The summed E-state index contributed by atoms with van der Waals surface area (Å²) in [6, 6.07) is 3.36. The van der Waals surface area contributed by atoms with Crippen LogP contribution < -0.4 is 14.8 Å². The molecule has 1 fully saturated rings. The summed E-state index contributed by atoms with van der Waals surface area (Å²) in [4.78, 5) is 11.5. The summed E-state index contributed by atoms with van der Waals surface area (Å²) < 4.78 is 15.5. The van der Waals surface area contributed by atoms with Gasteiger partial charge in [0.1, 0.15) is 6.61 Å². The molecule has 1 amide bonds. The van der Waals surface area contributed by atoms with Crippen LogP contribution in [-0.4, -0.2) is 26.9 Å². The third-order valence-electron chi connectivity index (χ3n) is 3.44. The molecule has 20 heavy (non-hydrogen) atoms. The van der Waals surface area contributed by atoms with Crippen LogP contribution in [0.1, 0.15) is 25.5 Å². The molecule has 1 heterocycles. The minimum atomic E-state index is -0.444. The van der Waals surface area contributed by atoms with Gasteiger partial charge in [0.05, 0.1) is 25.3 Å². The van der Waals surface area contributed by atoms with E-state index in [9.17, 15) is 4.79 Å². The van der Waals surface area contributed by atoms with Crippen molar-refractivity contribution in [2.75, 3.05) is 20.8 Å². The molecular formula is C14H18ClNO4. The van der Waals surface area contributed by atoms with Crippen molar-refractivity contribution in [1.29, 1.82) is 0 Å². The fourth-order valence-corrected chi connectivity index (χ4v) is 2.66. The Bertz CT molecular complexity index is 530. The van der Waals surface area contributed by atoms with Crippen LogP contribution in [0, 0.1) is 5.41 Å². The van der Waals surface area contributed by atoms with Gasteiger partial charge in [-0.2, -0.15) is 0 Å². The number of nitrogens with one attached hydrogen (secondary N) is 1. The van der Waals surface area contributed by atoms with Gasteiger partial charge in [-0.3, -0.25) is 0 Å². The zero-order valence-electron chi connectivity index (χ0n) is 12.0. The van der Waals surface area contributed by atoms with Crippen molar-refractivity contribution in [2.24, 2.45) is 5.41 Å². The molecule has 0 radical (unpaired) electrons. The van der Waals surface area contributed by atoms with Gasteiger partial charge < -0.3 is 19.5 Å². The summed E-state index contributed by atoms with van der Waals surface area (Å²) in [5.74, 6) is 1.01. The molecule has 1 aliphatic rings. The highest BCUT2D eigenvalue weighted by Gasteiger charge is 2.39. The van der Waals surface area contributed by atoms with E-state index in [0.29, 0.717) is 23.1 Å². The van der Waals surface area contributed by atoms with Crippen molar-refractivity contribution in [3.63, 3.8) is 0 Å². The number of benzene rings is 1. The highest BCUT2D eigenvalue weighted by molar-refractivity contribution is 6.33. The molecule has 0 unspecified atom stereocenters. The zero-order valence-corrected chi connectivity index (χ0v) is 12.7. The minimum absolute atomic E-state index is 0.254. The van der Waals surface area contributed by atoms with Gasteiger partial charge in [0.25, 0.3) is 0 Å². The van der Waals surface area contributed by atoms with Crippen molar-refractivity contribution < 1.29 is 19.0 Å². The second kappa shape index (κ2) is 5.40. The lowest BCUT2D eigenvalue weighted by Crippen LogP contribution is -2.47. The molecule has 0 saturated carbocycles. The Labute approximate surface area is 123 Å². The van der Waals surface area contributed by atoms with Crippen LogP contribution >= 0.6 is 11.6 Å². The number of alkyl carbamates (subject to hydrolysis) is 1. The maximum Gasteiger partial charge on any atom is 0.407 e. The fourth-order valence-electron chi connectivity index (χ4n) is 2.32. The smallest absolute Gasteiger partial charge is 0.407 e. The van der Waals surface area contributed by atoms with E-state index in [1.165, 1.54) is 7.11 Å². The summed E-state index contributed by atoms with van der Waals surface area (Å²) in [6.07, 6.45) is -0.444. The van der Waals surface area contributed by atoms with Crippen molar-refractivity contribution in [2.45, 2.75) is 19.9 Å². The van der Waals surface area contributed by atoms with E-state index in [0.717, 1.165) is 5.56 Å². The molecule has 0 aliphatic carbocycles. The highest BCUT2D eigenvalue weighted by Crippen LogP contribution is 2.45. The minimum Gasteiger partial charge on any atom is -0.493 e. The first-order valence-electron chi connectivity index (χ1n) is 6.24. The molecule has 0 aromatic heterocycles. The lowest BCUT2D eigenvalue weighted by Gasteiger charge is -2.39. The number of carbonyl (C=O) groups is 1. The summed E-state index contributed by atoms with van der Waals surface area (Å²) in [7, 11) is 3.08. The first kappa shape index (κ1) is 14.8. The average molecular weight is 300 g/mol. The molecule has 1 atom stereocenters. The second-order valence-corrected chi connectivity index (χ2v) is 5.72. The van der Waals surface area contributed by atoms with Crippen LogP contribution in [-0.2, 0) is 4.74 Å². The number of carbonyl (C=O) groups excluding carboxylic acids is 1. The molecular weight excluding hydrogens is 282 g/mol. The maximum absolute atomic E-state index is 11.5. The Morgan fingerprint density at radius 3 is 2.65 bits per heavy atom. The lowest BCUT2D eigenvalue weighted by atomic mass is 9.80. The maximum atomic E-state index is 11.5. The van der Waals surface area contributed by atoms with E-state index >= 15 is 0 Å². The van der Waals surface area contributed by atoms with Crippen LogP contribution in [0.25, 0.3) is 0 Å². The van der Waals surface area contributed by atoms with Gasteiger partial charge in [-0.15, -0.1) is 0 Å². The van der Waals surface area contributed by atoms with Gasteiger partial charge in [-0.05, 0) is 11.6 Å². The molecule has 1 saturated heterocycles. The summed E-state index contributed by atoms with van der Waals surface area (Å²) in [5.41, 5.74) is 0.503. The van der Waals surface area contributed by atoms with Crippen LogP contribution in [0.4, 0.5) is 4.79 Å². The molecule has 0 bridgehead atoms. The SMILES string of the molecule is COc1ccc([C@H]2NC(=O)OCC2(C)C)c(Cl)c1OC. The Hall–Kier alpha value is -1.62. The van der Waals surface area contributed by atoms with Gasteiger partial charge in [0, 0.05) is 5.41 Å². The predicted molar refractivity (Wildman–Crippen MR) is 75.6 cm³/mol. The summed E-state index contributed by atoms with van der Waals surface area (Å²) in [6.45, 7) is 4.34. The van der Waals surface area contributed by atoms with Crippen molar-refractivity contribution in [3.05, 3.63) is 22.7 Å². The Kier molecular flexibility index (Phi) is 3.99. The highest BCUT2D eigenvalue weighted by atomic mass is 35.5. The van der Waals surface area contributed by atoms with Gasteiger partial charge in [-0.25, -0.2) is 4.79 Å². The molecule has 1 N–H and O–H groups in total. The van der Waals surface area contributed by atoms with Crippen LogP contribution in [0.3, 0.4) is 0 Å². The molecule has 2 rings (SSSR count). The van der Waals surface area contributed by atoms with Gasteiger partial charge in [0.15, 0.2) is 11.5 Å². The number of rotatable bonds is 3. The molecule has 110 valence electrons. The number of cyclic esters (lactones) is 1. The van der Waals surface area contributed by atoms with E-state index in [-0.39, 0.29) is 11.5 Å². The quantitative estimate of drug-likeness (QED) is 0.931. The van der Waals surface area contributed by atoms with Crippen LogP contribution in [0.15, 0.2) is 12.1 Å². The second-order valence-electron chi connectivity index (χ2n) is 5.35. The molecule has 1 aromatic rings. The fraction of sp³-hybridized carbons (Fsp3) is 0.500. The summed E-state index contributed by atoms with van der Waals surface area (Å²) >= 11 is 6.40. The Morgan fingerprint density at radius 1 is 1.35 bits per heavy atom. The van der Waals surface area contributed by atoms with E-state index < -0.39 is 6.09 Å². The Balaban J connectivity index is 2.48. The van der Waals surface area contributed by atoms with Gasteiger partial charge >= 0.3 is 6.09 Å². The number of methoxy groups -OCH3 is 2. The average Bonchev–Trinajstić information content (AvgIpc) is 2.41. The molecule has 1 aliphatic heterocycles. The monoisotopic (exact) mass is 299 g/mol. The van der Waals surface area contributed by atoms with E-state index in [2.05, 4.69) is 5.32 Å². The predicted octanol–water partition coefficient (Wildman–Crippen LogP) is 3.16. The van der Waals surface area contributed by atoms with Gasteiger partial charge in [0.2, 0.25) is 0 Å². The van der Waals surface area contributed by atoms with E-state index in [1.807, 2.05) is 19.9 Å². The molecule has 6 heteroatoms. The van der Waals surface area contributed by atoms with Crippen molar-refractivity contribution in [1.82, 2.24) is 5.32 Å². The number of hydrogen-bond acceptors (Lipinski definition) is 4. The van der Waals surface area contributed by atoms with Crippen LogP contribution in [0.5, 0.6) is 11.5 Å². The first-order valence-corrected chi connectivity index (χ1v) is 6.62. The number of ether oxygens (including phenoxy) is 3. The Morgan fingerprint density at radius 2 is 2.05 bits per heavy atom. The van der Waals surface area contributed by atoms with E-state index in [4.69, 9.17) is 25.8 Å². The number of hydrogen-bond donors (Lipinski definition) is 1. The number of amides is 1. The van der Waals surface area contributed by atoms with Crippen LogP contribution in [0.2, 0.25) is 5.02 Å². The number of halogens is 1. The van der Waals surface area contributed by atoms with Crippen molar-refractivity contribution in [3.8, 4) is 11.5 Å². The normalized spacial score (nSPS) is 20.9. The molecule has 5 nitrogen and oxygen atoms in total. The molecule has 1 aromatic carbocycles. The van der Waals surface area contributed by atoms with Crippen molar-refractivity contribution >= 4 is 17.7 Å². The van der Waals surface area contributed by atoms with E-state index in [1.54, 1.807) is 13.2 Å².